The summed E-state index contributed by atoms with van der Waals surface area (Å²) in [5, 5.41) is 14.4. The Bertz CT molecular complexity index is 1780. The Morgan fingerprint density at radius 1 is 0.977 bits per heavy atom. The zero-order valence-electron chi connectivity index (χ0n) is 23.9. The molecule has 5 rings (SSSR count). The Balaban J connectivity index is 1.56. The van der Waals surface area contributed by atoms with E-state index in [-0.39, 0.29) is 18.7 Å². The lowest BCUT2D eigenvalue weighted by atomic mass is 9.98. The highest BCUT2D eigenvalue weighted by Gasteiger charge is 2.23. The molecule has 43 heavy (non-hydrogen) atoms. The van der Waals surface area contributed by atoms with E-state index in [0.717, 1.165) is 46.4 Å². The van der Waals surface area contributed by atoms with Gasteiger partial charge in [0.25, 0.3) is 5.91 Å². The zero-order valence-corrected chi connectivity index (χ0v) is 24.7. The van der Waals surface area contributed by atoms with Gasteiger partial charge in [0.15, 0.2) is 4.80 Å². The summed E-state index contributed by atoms with van der Waals surface area (Å²) in [4.78, 5) is 31.8. The van der Waals surface area contributed by atoms with Gasteiger partial charge in [0.2, 0.25) is 5.82 Å². The molecule has 2 heterocycles. The monoisotopic (exact) mass is 598 g/mol. The molecule has 0 aliphatic carbocycles. The van der Waals surface area contributed by atoms with Gasteiger partial charge in [-0.25, -0.2) is 9.18 Å². The van der Waals surface area contributed by atoms with E-state index in [1.165, 1.54) is 29.5 Å². The maximum Gasteiger partial charge on any atom is 0.356 e. The fourth-order valence-corrected chi connectivity index (χ4v) is 5.93. The number of amides is 1. The van der Waals surface area contributed by atoms with Crippen molar-refractivity contribution in [1.82, 2.24) is 25.2 Å². The predicted octanol–water partition coefficient (Wildman–Crippen LogP) is 6.23. The molecular weight excluding hydrogens is 567 g/mol. The number of carbonyl (C=O) groups is 2. The number of unbranched alkanes of at least 4 members (excludes halogenated alkanes) is 2. The first-order valence-electron chi connectivity index (χ1n) is 14.2. The highest BCUT2D eigenvalue weighted by Crippen LogP contribution is 2.30. The van der Waals surface area contributed by atoms with Gasteiger partial charge in [0.05, 0.1) is 18.7 Å². The Morgan fingerprint density at radius 3 is 2.42 bits per heavy atom. The lowest BCUT2D eigenvalue weighted by molar-refractivity contribution is 0.0512. The van der Waals surface area contributed by atoms with Gasteiger partial charge in [0.1, 0.15) is 11.5 Å². The van der Waals surface area contributed by atoms with Gasteiger partial charge in [-0.3, -0.25) is 4.79 Å². The minimum atomic E-state index is -0.711. The van der Waals surface area contributed by atoms with Crippen molar-refractivity contribution in [3.63, 3.8) is 0 Å². The van der Waals surface area contributed by atoms with Crippen molar-refractivity contribution >= 4 is 23.2 Å². The van der Waals surface area contributed by atoms with Crippen molar-refractivity contribution in [3.8, 4) is 22.5 Å². The average Bonchev–Trinajstić information content (AvgIpc) is 3.67. The number of halogens is 1. The van der Waals surface area contributed by atoms with Crippen LogP contribution >= 0.6 is 11.3 Å². The van der Waals surface area contributed by atoms with Crippen molar-refractivity contribution in [2.75, 3.05) is 6.61 Å². The summed E-state index contributed by atoms with van der Waals surface area (Å²) in [6, 6.07) is 21.4. The van der Waals surface area contributed by atoms with Crippen LogP contribution in [-0.2, 0) is 17.7 Å². The van der Waals surface area contributed by atoms with Crippen LogP contribution in [0.4, 0.5) is 4.39 Å². The number of tetrazole rings is 1. The topological polar surface area (TPSA) is 115 Å². The number of aryl methyl sites for hydroxylation is 1. The largest absolute Gasteiger partial charge is 0.461 e. The van der Waals surface area contributed by atoms with Gasteiger partial charge in [-0.2, -0.15) is 10.2 Å². The first-order valence-corrected chi connectivity index (χ1v) is 15.0. The van der Waals surface area contributed by atoms with E-state index >= 15 is 0 Å². The van der Waals surface area contributed by atoms with Crippen molar-refractivity contribution < 1.29 is 18.7 Å². The molecule has 2 aromatic heterocycles. The number of ether oxygens (including phenoxy) is 1. The summed E-state index contributed by atoms with van der Waals surface area (Å²) >= 11 is 1.27. The maximum atomic E-state index is 14.4. The molecule has 0 fully saturated rings. The van der Waals surface area contributed by atoms with Crippen LogP contribution in [0.5, 0.6) is 0 Å². The van der Waals surface area contributed by atoms with Crippen LogP contribution in [0.25, 0.3) is 22.5 Å². The molecule has 0 bridgehead atoms. The van der Waals surface area contributed by atoms with Crippen LogP contribution in [0.3, 0.4) is 0 Å². The molecule has 11 heteroatoms. The summed E-state index contributed by atoms with van der Waals surface area (Å²) in [6.45, 7) is 4.33. The molecule has 0 atom stereocenters. The number of carbonyl (C=O) groups excluding carboxylic acids is 2. The van der Waals surface area contributed by atoms with Crippen LogP contribution < -0.4 is 4.80 Å². The van der Waals surface area contributed by atoms with E-state index in [2.05, 4.69) is 32.5 Å². The summed E-state index contributed by atoms with van der Waals surface area (Å²) in [6.07, 6.45) is 3.53. The normalized spacial score (nSPS) is 11.6. The highest BCUT2D eigenvalue weighted by atomic mass is 32.1. The molecule has 3 aromatic carbocycles. The van der Waals surface area contributed by atoms with E-state index in [4.69, 9.17) is 4.74 Å². The second-order valence-electron chi connectivity index (χ2n) is 9.79. The van der Waals surface area contributed by atoms with E-state index < -0.39 is 17.7 Å². The Labute approximate surface area is 252 Å². The molecule has 1 N–H and O–H groups in total. The van der Waals surface area contributed by atoms with Gasteiger partial charge < -0.3 is 9.30 Å². The standard InChI is InChI=1S/C32H31FN6O3S/c1-3-5-6-15-27-28(31(41)42-4-2)39(32(43-27)34-30(40)25-13-9-10-14-26(25)33)20-21-16-18-22(19-17-21)23-11-7-8-12-24(23)29-35-37-38-36-29/h7-14,16-19H,3-6,15,20H2,1-2H3,(H,35,36,37,38). The number of nitrogens with one attached hydrogen (secondary N) is 1. The molecule has 0 saturated heterocycles. The first kappa shape index (κ1) is 29.7. The minimum absolute atomic E-state index is 0.128. The van der Waals surface area contributed by atoms with Crippen LogP contribution in [0, 0.1) is 5.82 Å². The Hall–Kier alpha value is -4.77. The van der Waals surface area contributed by atoms with E-state index in [0.29, 0.717) is 22.7 Å². The molecule has 0 aliphatic rings. The van der Waals surface area contributed by atoms with Crippen molar-refractivity contribution in [1.29, 1.82) is 0 Å². The quantitative estimate of drug-likeness (QED) is 0.142. The minimum Gasteiger partial charge on any atom is -0.461 e. The molecule has 0 unspecified atom stereocenters. The molecular formula is C32H31FN6O3S. The van der Waals surface area contributed by atoms with Crippen LogP contribution in [0.2, 0.25) is 0 Å². The number of aromatic amines is 1. The number of aromatic nitrogens is 5. The number of esters is 1. The van der Waals surface area contributed by atoms with E-state index in [1.54, 1.807) is 17.6 Å². The fourth-order valence-electron chi connectivity index (χ4n) is 4.78. The second kappa shape index (κ2) is 13.9. The van der Waals surface area contributed by atoms with Gasteiger partial charge in [-0.05, 0) is 53.8 Å². The van der Waals surface area contributed by atoms with Crippen LogP contribution in [0.15, 0.2) is 77.8 Å². The molecule has 0 aliphatic heterocycles. The highest BCUT2D eigenvalue weighted by molar-refractivity contribution is 7.09. The third-order valence-corrected chi connectivity index (χ3v) is 8.01. The summed E-state index contributed by atoms with van der Waals surface area (Å²) in [7, 11) is 0. The van der Waals surface area contributed by atoms with Gasteiger partial charge in [0, 0.05) is 10.4 Å². The van der Waals surface area contributed by atoms with Gasteiger partial charge in [-0.15, -0.1) is 21.5 Å². The number of benzene rings is 3. The maximum absolute atomic E-state index is 14.4. The number of H-pyrrole nitrogens is 1. The summed E-state index contributed by atoms with van der Waals surface area (Å²) < 4.78 is 21.6. The van der Waals surface area contributed by atoms with Gasteiger partial charge >= 0.3 is 5.97 Å². The lowest BCUT2D eigenvalue weighted by Gasteiger charge is -2.12. The smallest absolute Gasteiger partial charge is 0.356 e. The summed E-state index contributed by atoms with van der Waals surface area (Å²) in [5.74, 6) is -1.34. The lowest BCUT2D eigenvalue weighted by Crippen LogP contribution is -2.24. The molecule has 0 saturated carbocycles. The number of thiazole rings is 1. The molecule has 0 spiro atoms. The fraction of sp³-hybridized carbons (Fsp3) is 0.250. The SMILES string of the molecule is CCCCCc1sc(=NC(=O)c2ccccc2F)n(Cc2ccc(-c3ccccc3-c3nn[nH]n3)cc2)c1C(=O)OCC. The van der Waals surface area contributed by atoms with Gasteiger partial charge in [-0.1, -0.05) is 80.4 Å². The third kappa shape index (κ3) is 6.83. The van der Waals surface area contributed by atoms with E-state index in [1.807, 2.05) is 48.5 Å². The number of rotatable bonds is 11. The van der Waals surface area contributed by atoms with Crippen molar-refractivity contribution in [2.24, 2.45) is 4.99 Å². The molecule has 9 nitrogen and oxygen atoms in total. The molecule has 1 amide bonds. The average molecular weight is 599 g/mol. The number of hydrogen-bond donors (Lipinski definition) is 1. The Kier molecular flexibility index (Phi) is 9.63. The van der Waals surface area contributed by atoms with Crippen molar-refractivity contribution in [3.05, 3.63) is 105 Å². The number of hydrogen-bond acceptors (Lipinski definition) is 7. The first-order chi connectivity index (χ1) is 21.0. The zero-order chi connectivity index (χ0) is 30.2. The van der Waals surface area contributed by atoms with Crippen LogP contribution in [-0.4, -0.2) is 43.7 Å². The van der Waals surface area contributed by atoms with E-state index in [9.17, 15) is 14.0 Å². The predicted molar refractivity (Wildman–Crippen MR) is 162 cm³/mol. The van der Waals surface area contributed by atoms with Crippen LogP contribution in [0.1, 0.15) is 64.4 Å². The third-order valence-electron chi connectivity index (χ3n) is 6.88. The Morgan fingerprint density at radius 2 is 1.72 bits per heavy atom. The second-order valence-corrected chi connectivity index (χ2v) is 10.9. The van der Waals surface area contributed by atoms with Crippen molar-refractivity contribution in [2.45, 2.75) is 46.1 Å². The summed E-state index contributed by atoms with van der Waals surface area (Å²) in [5.41, 5.74) is 3.85. The molecule has 5 aromatic rings. The molecule has 220 valence electrons. The molecule has 0 radical (unpaired) electrons. The number of nitrogens with zero attached hydrogens (tertiary/aromatic N) is 5.